The first-order valence-electron chi connectivity index (χ1n) is 9.20. The average Bonchev–Trinajstić information content (AvgIpc) is 3.01. The maximum atomic E-state index is 13.6. The first-order chi connectivity index (χ1) is 13.0. The maximum absolute atomic E-state index is 13.6. The lowest BCUT2D eigenvalue weighted by atomic mass is 9.95. The monoisotopic (exact) mass is 373 g/mol. The Morgan fingerprint density at radius 2 is 1.96 bits per heavy atom. The van der Waals surface area contributed by atoms with Crippen LogP contribution in [0.15, 0.2) is 28.8 Å². The van der Waals surface area contributed by atoms with E-state index in [0.717, 1.165) is 0 Å². The molecule has 0 spiro atoms. The van der Waals surface area contributed by atoms with E-state index < -0.39 is 0 Å². The summed E-state index contributed by atoms with van der Waals surface area (Å²) in [6.07, 6.45) is 1.68. The van der Waals surface area contributed by atoms with Gasteiger partial charge in [0.05, 0.1) is 5.69 Å². The Labute approximate surface area is 157 Å². The maximum Gasteiger partial charge on any atom is 0.259 e. The van der Waals surface area contributed by atoms with Crippen molar-refractivity contribution in [2.24, 2.45) is 5.92 Å². The van der Waals surface area contributed by atoms with Crippen LogP contribution in [0, 0.1) is 25.6 Å². The Morgan fingerprint density at radius 1 is 1.26 bits per heavy atom. The standard InChI is InChI=1S/C20H24FN3O3/c1-13-18(14(2)27-23-13)20(26)24-11-8-16(9-12-24)19(25)22-10-7-15-5-3-4-6-17(15)21/h3-6,16H,7-12H2,1-2H3,(H,22,25). The molecule has 1 aliphatic heterocycles. The van der Waals surface area contributed by atoms with Gasteiger partial charge in [-0.2, -0.15) is 0 Å². The van der Waals surface area contributed by atoms with Gasteiger partial charge in [0.25, 0.3) is 5.91 Å². The highest BCUT2D eigenvalue weighted by molar-refractivity contribution is 5.96. The van der Waals surface area contributed by atoms with E-state index in [9.17, 15) is 14.0 Å². The zero-order valence-electron chi connectivity index (χ0n) is 15.6. The summed E-state index contributed by atoms with van der Waals surface area (Å²) in [6, 6.07) is 6.57. The minimum Gasteiger partial charge on any atom is -0.361 e. The zero-order chi connectivity index (χ0) is 19.4. The predicted octanol–water partition coefficient (Wildman–Crippen LogP) is 2.64. The number of rotatable bonds is 5. The molecule has 1 aromatic carbocycles. The van der Waals surface area contributed by atoms with E-state index in [1.165, 1.54) is 6.07 Å². The quantitative estimate of drug-likeness (QED) is 0.874. The molecule has 2 amide bonds. The van der Waals surface area contributed by atoms with Gasteiger partial charge in [-0.3, -0.25) is 9.59 Å². The van der Waals surface area contributed by atoms with Gasteiger partial charge >= 0.3 is 0 Å². The largest absolute Gasteiger partial charge is 0.361 e. The van der Waals surface area contributed by atoms with Crippen LogP contribution < -0.4 is 5.32 Å². The van der Waals surface area contributed by atoms with Crippen LogP contribution in [0.3, 0.4) is 0 Å². The molecular weight excluding hydrogens is 349 g/mol. The second-order valence-corrected chi connectivity index (χ2v) is 6.90. The van der Waals surface area contributed by atoms with Gasteiger partial charge in [0.15, 0.2) is 0 Å². The minimum atomic E-state index is -0.252. The predicted molar refractivity (Wildman–Crippen MR) is 97.7 cm³/mol. The molecule has 1 aliphatic rings. The van der Waals surface area contributed by atoms with Crippen molar-refractivity contribution in [2.45, 2.75) is 33.1 Å². The molecule has 27 heavy (non-hydrogen) atoms. The van der Waals surface area contributed by atoms with Crippen LogP contribution in [0.25, 0.3) is 0 Å². The summed E-state index contributed by atoms with van der Waals surface area (Å²) in [7, 11) is 0. The molecule has 1 saturated heterocycles. The van der Waals surface area contributed by atoms with Gasteiger partial charge in [-0.25, -0.2) is 4.39 Å². The smallest absolute Gasteiger partial charge is 0.259 e. The molecule has 1 fully saturated rings. The molecule has 0 bridgehead atoms. The van der Waals surface area contributed by atoms with Crippen LogP contribution in [0.1, 0.15) is 40.2 Å². The highest BCUT2D eigenvalue weighted by Crippen LogP contribution is 2.22. The van der Waals surface area contributed by atoms with E-state index >= 15 is 0 Å². The Bertz CT molecular complexity index is 806. The van der Waals surface area contributed by atoms with Gasteiger partial charge in [0, 0.05) is 25.6 Å². The summed E-state index contributed by atoms with van der Waals surface area (Å²) in [5, 5.41) is 6.71. The van der Waals surface area contributed by atoms with Crippen LogP contribution in [0.2, 0.25) is 0 Å². The number of nitrogens with zero attached hydrogens (tertiary/aromatic N) is 2. The van der Waals surface area contributed by atoms with Gasteiger partial charge in [-0.15, -0.1) is 0 Å². The number of carbonyl (C=O) groups excluding carboxylic acids is 2. The number of aromatic nitrogens is 1. The summed E-state index contributed by atoms with van der Waals surface area (Å²) in [4.78, 5) is 26.7. The van der Waals surface area contributed by atoms with E-state index in [0.29, 0.717) is 61.5 Å². The molecule has 0 aliphatic carbocycles. The summed E-state index contributed by atoms with van der Waals surface area (Å²) < 4.78 is 18.7. The molecule has 7 heteroatoms. The number of likely N-dealkylation sites (tertiary alicyclic amines) is 1. The van der Waals surface area contributed by atoms with E-state index in [1.54, 1.807) is 36.9 Å². The second-order valence-electron chi connectivity index (χ2n) is 6.90. The highest BCUT2D eigenvalue weighted by Gasteiger charge is 2.30. The van der Waals surface area contributed by atoms with Gasteiger partial charge in [0.1, 0.15) is 17.1 Å². The summed E-state index contributed by atoms with van der Waals surface area (Å²) >= 11 is 0. The number of hydrogen-bond donors (Lipinski definition) is 1. The van der Waals surface area contributed by atoms with Crippen molar-refractivity contribution in [3.8, 4) is 0 Å². The van der Waals surface area contributed by atoms with Crippen molar-refractivity contribution in [3.05, 3.63) is 52.7 Å². The third-order valence-corrected chi connectivity index (χ3v) is 5.05. The third kappa shape index (κ3) is 4.35. The van der Waals surface area contributed by atoms with E-state index in [2.05, 4.69) is 10.5 Å². The second kappa shape index (κ2) is 8.33. The first-order valence-corrected chi connectivity index (χ1v) is 9.20. The fourth-order valence-electron chi connectivity index (χ4n) is 3.46. The molecule has 0 saturated carbocycles. The molecule has 3 rings (SSSR count). The Hall–Kier alpha value is -2.70. The van der Waals surface area contributed by atoms with Crippen LogP contribution >= 0.6 is 0 Å². The van der Waals surface area contributed by atoms with Gasteiger partial charge < -0.3 is 14.7 Å². The molecular formula is C20H24FN3O3. The molecule has 2 heterocycles. The Morgan fingerprint density at radius 3 is 2.59 bits per heavy atom. The highest BCUT2D eigenvalue weighted by atomic mass is 19.1. The Kier molecular flexibility index (Phi) is 5.88. The average molecular weight is 373 g/mol. The van der Waals surface area contributed by atoms with Crippen molar-refractivity contribution in [1.82, 2.24) is 15.4 Å². The lowest BCUT2D eigenvalue weighted by molar-refractivity contribution is -0.126. The third-order valence-electron chi connectivity index (χ3n) is 5.05. The summed E-state index contributed by atoms with van der Waals surface area (Å²) in [5.74, 6) is 0.0168. The number of hydrogen-bond acceptors (Lipinski definition) is 4. The van der Waals surface area contributed by atoms with Crippen molar-refractivity contribution < 1.29 is 18.5 Å². The van der Waals surface area contributed by atoms with Crippen molar-refractivity contribution >= 4 is 11.8 Å². The summed E-state index contributed by atoms with van der Waals surface area (Å²) in [5.41, 5.74) is 1.70. The normalized spacial score (nSPS) is 15.0. The zero-order valence-corrected chi connectivity index (χ0v) is 15.6. The lowest BCUT2D eigenvalue weighted by Gasteiger charge is -2.31. The van der Waals surface area contributed by atoms with Crippen molar-refractivity contribution in [3.63, 3.8) is 0 Å². The fraction of sp³-hybridized carbons (Fsp3) is 0.450. The fourth-order valence-corrected chi connectivity index (χ4v) is 3.46. The molecule has 1 N–H and O–H groups in total. The molecule has 6 nitrogen and oxygen atoms in total. The van der Waals surface area contributed by atoms with Crippen LogP contribution in [-0.4, -0.2) is 41.5 Å². The molecule has 1 aromatic heterocycles. The van der Waals surface area contributed by atoms with E-state index in [4.69, 9.17) is 4.52 Å². The Balaban J connectivity index is 1.47. The topological polar surface area (TPSA) is 75.4 Å². The molecule has 0 unspecified atom stereocenters. The molecule has 0 radical (unpaired) electrons. The van der Waals surface area contributed by atoms with Gasteiger partial charge in [0.2, 0.25) is 5.91 Å². The van der Waals surface area contributed by atoms with Crippen LogP contribution in [0.4, 0.5) is 4.39 Å². The number of nitrogens with one attached hydrogen (secondary N) is 1. The first kappa shape index (κ1) is 19.1. The number of piperidine rings is 1. The lowest BCUT2D eigenvalue weighted by Crippen LogP contribution is -2.43. The van der Waals surface area contributed by atoms with Crippen molar-refractivity contribution in [1.29, 1.82) is 0 Å². The summed E-state index contributed by atoms with van der Waals surface area (Å²) in [6.45, 7) is 4.92. The van der Waals surface area contributed by atoms with E-state index in [-0.39, 0.29) is 23.5 Å². The SMILES string of the molecule is Cc1noc(C)c1C(=O)N1CCC(C(=O)NCCc2ccccc2F)CC1. The number of aryl methyl sites for hydroxylation is 2. The van der Waals surface area contributed by atoms with Crippen LogP contribution in [0.5, 0.6) is 0 Å². The number of benzene rings is 1. The van der Waals surface area contributed by atoms with Crippen molar-refractivity contribution in [2.75, 3.05) is 19.6 Å². The van der Waals surface area contributed by atoms with Crippen LogP contribution in [-0.2, 0) is 11.2 Å². The minimum absolute atomic E-state index is 0.0317. The molecule has 144 valence electrons. The number of halogens is 1. The molecule has 2 aromatic rings. The number of carbonyl (C=O) groups is 2. The molecule has 0 atom stereocenters. The number of amides is 2. The van der Waals surface area contributed by atoms with Gasteiger partial charge in [-0.1, -0.05) is 23.4 Å². The van der Waals surface area contributed by atoms with Gasteiger partial charge in [-0.05, 0) is 44.7 Å². The van der Waals surface area contributed by atoms with E-state index in [1.807, 2.05) is 0 Å².